The lowest BCUT2D eigenvalue weighted by atomic mass is 11.1. The largest absolute Gasteiger partial charge is 0.439 e. The quantitative estimate of drug-likeness (QED) is 0.234. The summed E-state index contributed by atoms with van der Waals surface area (Å²) in [4.78, 5) is 2.59. The second-order valence-electron chi connectivity index (χ2n) is 1.11. The third-order valence-corrected chi connectivity index (χ3v) is 0.558. The van der Waals surface area contributed by atoms with E-state index in [2.05, 4.69) is 20.2 Å². The summed E-state index contributed by atoms with van der Waals surface area (Å²) in [7, 11) is 6.02. The molecule has 0 aliphatic rings. The number of rotatable bonds is 0. The summed E-state index contributed by atoms with van der Waals surface area (Å²) in [6.45, 7) is 0. The number of nitrogens with one attached hydrogen (secondary N) is 1. The van der Waals surface area contributed by atoms with Crippen LogP contribution in [0.1, 0.15) is 7.43 Å². The van der Waals surface area contributed by atoms with E-state index in [1.165, 1.54) is 27.5 Å². The third kappa shape index (κ3) is 61.6. The average Bonchev–Trinajstić information content (AvgIpc) is 2.20. The summed E-state index contributed by atoms with van der Waals surface area (Å²) in [5, 5.41) is 7.40. The molecule has 0 rings (SSSR count). The van der Waals surface area contributed by atoms with Crippen LogP contribution < -0.4 is 16.5 Å². The van der Waals surface area contributed by atoms with E-state index >= 15 is 0 Å². The number of nitrogens with zero attached hydrogens (tertiary/aromatic N) is 1. The molecule has 0 spiro atoms. The maximum Gasteiger partial charge on any atom is 0.439 e. The molecule has 6 heteroatoms. The Balaban J connectivity index is -0.0000000512. The van der Waals surface area contributed by atoms with Gasteiger partial charge in [-0.1, -0.05) is 7.43 Å². The summed E-state index contributed by atoms with van der Waals surface area (Å²) in [6, 6.07) is 0.343. The smallest absolute Gasteiger partial charge is 0.435 e. The average molecular weight is 193 g/mol. The molecule has 0 aliphatic heterocycles. The van der Waals surface area contributed by atoms with Gasteiger partial charge in [0, 0.05) is 0 Å². The van der Waals surface area contributed by atoms with Gasteiger partial charge in [-0.15, -0.1) is 0 Å². The van der Waals surface area contributed by atoms with Crippen molar-refractivity contribution in [2.24, 2.45) is 11.5 Å². The monoisotopic (exact) mass is 193 g/mol. The van der Waals surface area contributed by atoms with Crippen LogP contribution in [0.2, 0.25) is 0 Å². The fraction of sp³-hybridized carbons (Fsp3) is 0.714. The number of hydrogen-bond acceptors (Lipinski definition) is 4. The van der Waals surface area contributed by atoms with Gasteiger partial charge in [0.1, 0.15) is 0 Å². The molecule has 80 valence electrons. The lowest BCUT2D eigenvalue weighted by Crippen LogP contribution is -2.71. The fourth-order valence-corrected chi connectivity index (χ4v) is 0.102. The summed E-state index contributed by atoms with van der Waals surface area (Å²) in [6.07, 6.45) is 1.43. The molecular weight excluding hydrogens is 172 g/mol. The Morgan fingerprint density at radius 1 is 1.38 bits per heavy atom. The van der Waals surface area contributed by atoms with Crippen molar-refractivity contribution in [2.75, 3.05) is 28.3 Å². The maximum atomic E-state index is 7.40. The minimum atomic E-state index is 0. The third-order valence-electron chi connectivity index (χ3n) is 0.558. The number of hydrogen-bond donors (Lipinski definition) is 3. The van der Waals surface area contributed by atoms with Crippen molar-refractivity contribution >= 4 is 6.02 Å². The molecule has 0 saturated carbocycles. The van der Waals surface area contributed by atoms with E-state index in [1.54, 1.807) is 7.05 Å². The van der Waals surface area contributed by atoms with Crippen molar-refractivity contribution in [3.05, 3.63) is 0 Å². The van der Waals surface area contributed by atoms with Crippen LogP contribution in [0.3, 0.4) is 0 Å². The molecule has 6 nitrogen and oxygen atoms in total. The Kier molecular flexibility index (Phi) is 54.3. The topological polar surface area (TPSA) is 108 Å². The Bertz CT molecular complexity index is 131. The molecule has 0 aromatic carbocycles. The first-order valence-corrected chi connectivity index (χ1v) is 3.06. The zero-order valence-corrected chi connectivity index (χ0v) is 7.92. The molecule has 0 atom stereocenters. The number of amidine groups is 1. The number of ether oxygens (including phenoxy) is 2. The van der Waals surface area contributed by atoms with Crippen LogP contribution in [0, 0.1) is 11.5 Å². The molecule has 0 radical (unpaired) electrons. The molecule has 0 amide bonds. The number of methoxy groups -OCH3 is 2. The molecular formula is C7H21N4O2+. The molecule has 0 aliphatic carbocycles. The van der Waals surface area contributed by atoms with Gasteiger partial charge in [0.2, 0.25) is 0 Å². The van der Waals surface area contributed by atoms with Gasteiger partial charge in [0.05, 0.1) is 21.3 Å². The van der Waals surface area contributed by atoms with Crippen LogP contribution in [0.25, 0.3) is 0 Å². The molecule has 0 aromatic rings. The van der Waals surface area contributed by atoms with Crippen LogP contribution in [0.5, 0.6) is 0 Å². The van der Waals surface area contributed by atoms with Gasteiger partial charge < -0.3 is 15.2 Å². The van der Waals surface area contributed by atoms with Gasteiger partial charge >= 0.3 is 6.02 Å². The van der Waals surface area contributed by atoms with E-state index in [9.17, 15) is 0 Å². The highest BCUT2D eigenvalue weighted by Gasteiger charge is 1.84. The van der Waals surface area contributed by atoms with Gasteiger partial charge in [-0.25, -0.2) is 4.99 Å². The van der Waals surface area contributed by atoms with Gasteiger partial charge in [-0.05, 0) is 7.05 Å². The predicted octanol–water partition coefficient (Wildman–Crippen LogP) is -2.02. The van der Waals surface area contributed by atoms with Crippen LogP contribution in [0.15, 0.2) is 0 Å². The van der Waals surface area contributed by atoms with E-state index in [0.29, 0.717) is 6.02 Å². The van der Waals surface area contributed by atoms with Crippen molar-refractivity contribution in [2.45, 2.75) is 7.43 Å². The van der Waals surface area contributed by atoms with Crippen molar-refractivity contribution in [1.82, 2.24) is 0 Å². The molecule has 0 saturated heterocycles. The normalized spacial score (nSPS) is 6.92. The second kappa shape index (κ2) is 31.3. The van der Waals surface area contributed by atoms with Crippen LogP contribution in [-0.4, -0.2) is 34.3 Å². The highest BCUT2D eigenvalue weighted by molar-refractivity contribution is 5.64. The molecule has 0 heterocycles. The number of nitriles is 1. The van der Waals surface area contributed by atoms with Gasteiger partial charge in [0.25, 0.3) is 6.26 Å². The van der Waals surface area contributed by atoms with E-state index in [4.69, 9.17) is 11.0 Å². The maximum absolute atomic E-state index is 7.40. The van der Waals surface area contributed by atoms with Crippen molar-refractivity contribution < 1.29 is 14.5 Å². The fourth-order valence-electron chi connectivity index (χ4n) is 0.102. The van der Waals surface area contributed by atoms with Crippen LogP contribution in [0.4, 0.5) is 0 Å². The minimum absolute atomic E-state index is 0. The molecule has 0 fully saturated rings. The first-order valence-electron chi connectivity index (χ1n) is 3.06. The lowest BCUT2D eigenvalue weighted by Gasteiger charge is -1.82. The first-order chi connectivity index (χ1) is 5.72. The highest BCUT2D eigenvalue weighted by atomic mass is 16.5. The summed E-state index contributed by atoms with van der Waals surface area (Å²) in [5.74, 6) is 0. The standard InChI is InChI=1S/C3H8N2O.C2H3NO.CH5N.CH4/c1-5-3(4)6-2;1-4-2-3;1-2;/h1-2H3,(H2,4,5);1H3;2H2,1H3;1H4/p+1. The zero-order chi connectivity index (χ0) is 10.4. The molecule has 13 heavy (non-hydrogen) atoms. The van der Waals surface area contributed by atoms with Crippen molar-refractivity contribution in [1.29, 1.82) is 5.26 Å². The van der Waals surface area contributed by atoms with E-state index in [1.807, 2.05) is 0 Å². The van der Waals surface area contributed by atoms with Crippen molar-refractivity contribution in [3.63, 3.8) is 0 Å². The Labute approximate surface area is 80.1 Å². The van der Waals surface area contributed by atoms with Gasteiger partial charge in [-0.3, -0.25) is 5.73 Å². The van der Waals surface area contributed by atoms with Crippen LogP contribution >= 0.6 is 0 Å². The molecule has 0 bridgehead atoms. The lowest BCUT2D eigenvalue weighted by molar-refractivity contribution is -0.432. The Morgan fingerprint density at radius 3 is 1.69 bits per heavy atom. The molecule has 5 N–H and O–H groups in total. The highest BCUT2D eigenvalue weighted by Crippen LogP contribution is 1.44. The Morgan fingerprint density at radius 2 is 1.69 bits per heavy atom. The van der Waals surface area contributed by atoms with Crippen molar-refractivity contribution in [3.8, 4) is 6.26 Å². The van der Waals surface area contributed by atoms with E-state index in [0.717, 1.165) is 0 Å². The minimum Gasteiger partial charge on any atom is -0.435 e. The van der Waals surface area contributed by atoms with Crippen LogP contribution in [-0.2, 0) is 9.47 Å². The summed E-state index contributed by atoms with van der Waals surface area (Å²) in [5.41, 5.74) is 9.56. The van der Waals surface area contributed by atoms with E-state index in [-0.39, 0.29) is 7.43 Å². The van der Waals surface area contributed by atoms with Gasteiger partial charge in [-0.2, -0.15) is 5.26 Å². The molecule has 0 aromatic heterocycles. The van der Waals surface area contributed by atoms with E-state index < -0.39 is 0 Å². The Hall–Kier alpha value is -1.48. The first kappa shape index (κ1) is 22.5. The SMILES string of the molecule is C.CN.COC#N.C[NH+]=C(N)OC. The summed E-state index contributed by atoms with van der Waals surface area (Å²) >= 11 is 0. The van der Waals surface area contributed by atoms with Gasteiger partial charge in [0.15, 0.2) is 0 Å². The second-order valence-corrected chi connectivity index (χ2v) is 1.11. The summed E-state index contributed by atoms with van der Waals surface area (Å²) < 4.78 is 8.33. The zero-order valence-electron chi connectivity index (χ0n) is 7.92. The number of nitrogens with two attached hydrogens (primary N) is 2. The molecule has 0 unspecified atom stereocenters. The predicted molar refractivity (Wildman–Crippen MR) is 52.6 cm³/mol.